The average Bonchev–Trinajstić information content (AvgIpc) is 2.34. The highest BCUT2D eigenvalue weighted by atomic mass is 127. The molecule has 6 nitrogen and oxygen atoms in total. The summed E-state index contributed by atoms with van der Waals surface area (Å²) in [6.07, 6.45) is 0. The maximum atomic E-state index is 11.9. The smallest absolute Gasteiger partial charge is 0.336 e. The summed E-state index contributed by atoms with van der Waals surface area (Å²) in [6, 6.07) is 3.98. The number of halogens is 1. The second-order valence-electron chi connectivity index (χ2n) is 3.54. The van der Waals surface area contributed by atoms with Crippen LogP contribution in [0.5, 0.6) is 0 Å². The van der Waals surface area contributed by atoms with Gasteiger partial charge in [-0.05, 0) is 47.7 Å². The Bertz CT molecular complexity index is 558. The van der Waals surface area contributed by atoms with Crippen molar-refractivity contribution < 1.29 is 23.1 Å². The van der Waals surface area contributed by atoms with Crippen molar-refractivity contribution in [2.24, 2.45) is 0 Å². The van der Waals surface area contributed by atoms with Crippen LogP contribution in [0.25, 0.3) is 0 Å². The van der Waals surface area contributed by atoms with E-state index in [1.165, 1.54) is 12.1 Å². The molecule has 0 aromatic heterocycles. The molecule has 0 saturated carbocycles. The third-order valence-electron chi connectivity index (χ3n) is 2.22. The van der Waals surface area contributed by atoms with E-state index in [-0.39, 0.29) is 23.6 Å². The van der Waals surface area contributed by atoms with Crippen LogP contribution in [-0.4, -0.2) is 39.3 Å². The number of hydrogen-bond donors (Lipinski definition) is 2. The van der Waals surface area contributed by atoms with Gasteiger partial charge in [0.05, 0.1) is 17.1 Å². The van der Waals surface area contributed by atoms with E-state index in [1.807, 2.05) is 29.5 Å². The predicted octanol–water partition coefficient (Wildman–Crippen LogP) is 1.30. The third kappa shape index (κ3) is 4.71. The molecule has 0 spiro atoms. The van der Waals surface area contributed by atoms with E-state index in [1.54, 1.807) is 0 Å². The van der Waals surface area contributed by atoms with Crippen LogP contribution < -0.4 is 4.72 Å². The number of nitrogens with one attached hydrogen (secondary N) is 1. The minimum absolute atomic E-state index is 0.0340. The van der Waals surface area contributed by atoms with Crippen LogP contribution in [0.4, 0.5) is 0 Å². The first kappa shape index (κ1) is 16.3. The number of hydrogen-bond acceptors (Lipinski definition) is 4. The molecule has 0 bridgehead atoms. The van der Waals surface area contributed by atoms with E-state index in [0.717, 1.165) is 6.07 Å². The van der Waals surface area contributed by atoms with Crippen LogP contribution >= 0.6 is 22.6 Å². The largest absolute Gasteiger partial charge is 0.478 e. The molecular formula is C11H14INO5S. The topological polar surface area (TPSA) is 92.7 Å². The molecule has 0 heterocycles. The lowest BCUT2D eigenvalue weighted by molar-refractivity contribution is 0.0695. The van der Waals surface area contributed by atoms with E-state index in [9.17, 15) is 13.2 Å². The quantitative estimate of drug-likeness (QED) is 0.533. The molecule has 0 fully saturated rings. The molecule has 0 amide bonds. The molecule has 0 radical (unpaired) electrons. The van der Waals surface area contributed by atoms with Gasteiger partial charge in [-0.3, -0.25) is 0 Å². The highest BCUT2D eigenvalue weighted by Crippen LogP contribution is 2.17. The van der Waals surface area contributed by atoms with Gasteiger partial charge >= 0.3 is 5.97 Å². The molecule has 106 valence electrons. The number of carboxylic acid groups (broad SMARTS) is 1. The number of ether oxygens (including phenoxy) is 1. The molecule has 0 atom stereocenters. The fourth-order valence-electron chi connectivity index (χ4n) is 1.31. The molecule has 0 unspecified atom stereocenters. The average molecular weight is 399 g/mol. The summed E-state index contributed by atoms with van der Waals surface area (Å²) in [7, 11) is -3.71. The normalized spacial score (nSPS) is 11.5. The van der Waals surface area contributed by atoms with Crippen molar-refractivity contribution in [2.45, 2.75) is 11.8 Å². The van der Waals surface area contributed by atoms with Gasteiger partial charge < -0.3 is 9.84 Å². The summed E-state index contributed by atoms with van der Waals surface area (Å²) in [6.45, 7) is 2.73. The predicted molar refractivity (Wildman–Crippen MR) is 77.8 cm³/mol. The molecule has 0 aliphatic carbocycles. The van der Waals surface area contributed by atoms with Crippen LogP contribution in [0, 0.1) is 3.57 Å². The Hall–Kier alpha value is -0.710. The molecule has 1 rings (SSSR count). The standard InChI is InChI=1S/C11H14INO5S/c1-2-18-6-5-13-19(16,17)8-3-4-10(12)9(7-8)11(14)15/h3-4,7,13H,2,5-6H2,1H3,(H,14,15). The lowest BCUT2D eigenvalue weighted by atomic mass is 10.2. The molecule has 8 heteroatoms. The summed E-state index contributed by atoms with van der Waals surface area (Å²) in [5.41, 5.74) is -0.0340. The Kier molecular flexibility index (Phi) is 6.17. The summed E-state index contributed by atoms with van der Waals surface area (Å²) >= 11 is 1.84. The molecule has 0 aliphatic rings. The summed E-state index contributed by atoms with van der Waals surface area (Å²) in [5, 5.41) is 8.96. The number of carbonyl (C=O) groups is 1. The van der Waals surface area contributed by atoms with Gasteiger partial charge in [-0.2, -0.15) is 0 Å². The minimum Gasteiger partial charge on any atom is -0.478 e. The van der Waals surface area contributed by atoms with Gasteiger partial charge in [-0.1, -0.05) is 0 Å². The minimum atomic E-state index is -3.71. The first-order chi connectivity index (χ1) is 8.88. The van der Waals surface area contributed by atoms with Crippen molar-refractivity contribution in [3.05, 3.63) is 27.3 Å². The van der Waals surface area contributed by atoms with Gasteiger partial charge in [0.15, 0.2) is 0 Å². The Morgan fingerprint density at radius 1 is 1.47 bits per heavy atom. The van der Waals surface area contributed by atoms with Crippen LogP contribution in [0.2, 0.25) is 0 Å². The van der Waals surface area contributed by atoms with Crippen molar-refractivity contribution in [3.63, 3.8) is 0 Å². The van der Waals surface area contributed by atoms with Crippen LogP contribution in [0.3, 0.4) is 0 Å². The van der Waals surface area contributed by atoms with Gasteiger partial charge in [0, 0.05) is 16.7 Å². The van der Waals surface area contributed by atoms with Crippen molar-refractivity contribution in [1.82, 2.24) is 4.72 Å². The van der Waals surface area contributed by atoms with Gasteiger partial charge in [0.25, 0.3) is 0 Å². The highest BCUT2D eigenvalue weighted by Gasteiger charge is 2.17. The van der Waals surface area contributed by atoms with Gasteiger partial charge in [-0.25, -0.2) is 17.9 Å². The Morgan fingerprint density at radius 3 is 2.74 bits per heavy atom. The molecule has 1 aromatic carbocycles. The van der Waals surface area contributed by atoms with Crippen molar-refractivity contribution in [2.75, 3.05) is 19.8 Å². The fourth-order valence-corrected chi connectivity index (χ4v) is 2.92. The zero-order valence-electron chi connectivity index (χ0n) is 10.2. The van der Waals surface area contributed by atoms with Crippen LogP contribution in [0.15, 0.2) is 23.1 Å². The van der Waals surface area contributed by atoms with Crippen molar-refractivity contribution >= 4 is 38.6 Å². The number of carboxylic acids is 1. The Morgan fingerprint density at radius 2 is 2.16 bits per heavy atom. The lowest BCUT2D eigenvalue weighted by Crippen LogP contribution is -2.27. The lowest BCUT2D eigenvalue weighted by Gasteiger charge is -2.08. The molecule has 2 N–H and O–H groups in total. The third-order valence-corrected chi connectivity index (χ3v) is 4.62. The number of aromatic carboxylic acids is 1. The first-order valence-corrected chi connectivity index (χ1v) is 8.05. The van der Waals surface area contributed by atoms with E-state index in [4.69, 9.17) is 9.84 Å². The highest BCUT2D eigenvalue weighted by molar-refractivity contribution is 14.1. The molecular weight excluding hydrogens is 385 g/mol. The van der Waals surface area contributed by atoms with Gasteiger partial charge in [-0.15, -0.1) is 0 Å². The Labute approximate surface area is 125 Å². The Balaban J connectivity index is 2.89. The monoisotopic (exact) mass is 399 g/mol. The second kappa shape index (κ2) is 7.17. The molecule has 19 heavy (non-hydrogen) atoms. The summed E-state index contributed by atoms with van der Waals surface area (Å²) < 4.78 is 31.7. The maximum Gasteiger partial charge on any atom is 0.336 e. The summed E-state index contributed by atoms with van der Waals surface area (Å²) in [4.78, 5) is 10.9. The first-order valence-electron chi connectivity index (χ1n) is 5.48. The SMILES string of the molecule is CCOCCNS(=O)(=O)c1ccc(I)c(C(=O)O)c1. The van der Waals surface area contributed by atoms with Crippen molar-refractivity contribution in [3.8, 4) is 0 Å². The van der Waals surface area contributed by atoms with E-state index in [2.05, 4.69) is 4.72 Å². The molecule has 0 saturated heterocycles. The van der Waals surface area contributed by atoms with Crippen LogP contribution in [0.1, 0.15) is 17.3 Å². The molecule has 1 aromatic rings. The number of benzene rings is 1. The van der Waals surface area contributed by atoms with Gasteiger partial charge in [0.1, 0.15) is 0 Å². The fraction of sp³-hybridized carbons (Fsp3) is 0.364. The van der Waals surface area contributed by atoms with E-state index < -0.39 is 16.0 Å². The van der Waals surface area contributed by atoms with Gasteiger partial charge in [0.2, 0.25) is 10.0 Å². The van der Waals surface area contributed by atoms with Crippen LogP contribution in [-0.2, 0) is 14.8 Å². The zero-order chi connectivity index (χ0) is 14.5. The molecule has 0 aliphatic heterocycles. The second-order valence-corrected chi connectivity index (χ2v) is 6.47. The maximum absolute atomic E-state index is 11.9. The summed E-state index contributed by atoms with van der Waals surface area (Å²) in [5.74, 6) is -1.16. The number of rotatable bonds is 7. The number of sulfonamides is 1. The van der Waals surface area contributed by atoms with Crippen molar-refractivity contribution in [1.29, 1.82) is 0 Å². The van der Waals surface area contributed by atoms with E-state index >= 15 is 0 Å². The van der Waals surface area contributed by atoms with E-state index in [0.29, 0.717) is 10.2 Å². The zero-order valence-corrected chi connectivity index (χ0v) is 13.2.